The molecule has 158 valence electrons. The minimum Gasteiger partial charge on any atom is -0.455 e. The van der Waals surface area contributed by atoms with Crippen LogP contribution < -0.4 is 5.32 Å². The summed E-state index contributed by atoms with van der Waals surface area (Å²) in [5.41, 5.74) is 4.43. The number of rotatable bonds is 5. The van der Waals surface area contributed by atoms with Crippen LogP contribution in [0.4, 0.5) is 5.69 Å². The van der Waals surface area contributed by atoms with Gasteiger partial charge in [-0.2, -0.15) is 0 Å². The molecule has 0 aromatic heterocycles. The maximum Gasteiger partial charge on any atom is 0.309 e. The molecular weight excluding hydrogens is 380 g/mol. The highest BCUT2D eigenvalue weighted by Crippen LogP contribution is 2.22. The molecule has 0 radical (unpaired) electrons. The topological polar surface area (TPSA) is 75.7 Å². The fourth-order valence-corrected chi connectivity index (χ4v) is 3.63. The molecule has 2 amide bonds. The van der Waals surface area contributed by atoms with E-state index in [1.54, 1.807) is 4.90 Å². The lowest BCUT2D eigenvalue weighted by atomic mass is 9.96. The molecule has 2 aromatic rings. The van der Waals surface area contributed by atoms with Gasteiger partial charge in [0.05, 0.1) is 5.92 Å². The number of likely N-dealkylation sites (tertiary alicyclic amines) is 1. The summed E-state index contributed by atoms with van der Waals surface area (Å²) in [5, 5.41) is 2.79. The van der Waals surface area contributed by atoms with Gasteiger partial charge in [0.25, 0.3) is 11.8 Å². The van der Waals surface area contributed by atoms with Gasteiger partial charge in [0.2, 0.25) is 0 Å². The molecule has 1 saturated heterocycles. The molecule has 30 heavy (non-hydrogen) atoms. The van der Waals surface area contributed by atoms with E-state index in [0.717, 1.165) is 22.4 Å². The van der Waals surface area contributed by atoms with Gasteiger partial charge in [-0.1, -0.05) is 30.3 Å². The monoisotopic (exact) mass is 408 g/mol. The van der Waals surface area contributed by atoms with Crippen LogP contribution in [0.5, 0.6) is 0 Å². The molecule has 6 heteroatoms. The molecule has 2 aromatic carbocycles. The molecule has 1 aliphatic rings. The maximum atomic E-state index is 12.7. The Balaban J connectivity index is 1.46. The van der Waals surface area contributed by atoms with Crippen LogP contribution in [0.3, 0.4) is 0 Å². The first-order chi connectivity index (χ1) is 14.4. The van der Waals surface area contributed by atoms with E-state index in [9.17, 15) is 14.4 Å². The summed E-state index contributed by atoms with van der Waals surface area (Å²) in [6.45, 7) is 6.52. The van der Waals surface area contributed by atoms with Gasteiger partial charge in [0.1, 0.15) is 0 Å². The fourth-order valence-electron chi connectivity index (χ4n) is 3.63. The number of carbonyl (C=O) groups excluding carboxylic acids is 3. The van der Waals surface area contributed by atoms with Gasteiger partial charge in [-0.3, -0.25) is 14.4 Å². The molecule has 1 heterocycles. The Bertz CT molecular complexity index is 946. The van der Waals surface area contributed by atoms with Crippen molar-refractivity contribution in [2.45, 2.75) is 33.6 Å². The van der Waals surface area contributed by atoms with E-state index in [2.05, 4.69) is 5.32 Å². The lowest BCUT2D eigenvalue weighted by Gasteiger charge is -2.31. The minimum atomic E-state index is -0.380. The van der Waals surface area contributed by atoms with Crippen LogP contribution in [0.25, 0.3) is 0 Å². The van der Waals surface area contributed by atoms with Crippen molar-refractivity contribution in [3.05, 3.63) is 64.7 Å². The molecule has 0 saturated carbocycles. The molecule has 3 rings (SSSR count). The maximum absolute atomic E-state index is 12.7. The van der Waals surface area contributed by atoms with Crippen LogP contribution in [0.2, 0.25) is 0 Å². The molecule has 1 aliphatic heterocycles. The van der Waals surface area contributed by atoms with Crippen LogP contribution in [-0.4, -0.2) is 42.4 Å². The SMILES string of the molecule is Cc1ccccc1C(=O)N1CCC(C(=O)OCC(=O)Nc2cccc(C)c2C)CC1. The summed E-state index contributed by atoms with van der Waals surface area (Å²) in [5.74, 6) is -1.04. The van der Waals surface area contributed by atoms with Crippen LogP contribution in [0, 0.1) is 26.7 Å². The van der Waals surface area contributed by atoms with Gasteiger partial charge in [-0.05, 0) is 62.4 Å². The smallest absolute Gasteiger partial charge is 0.309 e. The van der Waals surface area contributed by atoms with E-state index in [-0.39, 0.29) is 30.3 Å². The number of hydrogen-bond acceptors (Lipinski definition) is 4. The highest BCUT2D eigenvalue weighted by Gasteiger charge is 2.29. The number of amides is 2. The summed E-state index contributed by atoms with van der Waals surface area (Å²) in [6, 6.07) is 13.2. The summed E-state index contributed by atoms with van der Waals surface area (Å²) in [7, 11) is 0. The predicted molar refractivity (Wildman–Crippen MR) is 115 cm³/mol. The largest absolute Gasteiger partial charge is 0.455 e. The number of nitrogens with one attached hydrogen (secondary N) is 1. The Labute approximate surface area is 177 Å². The van der Waals surface area contributed by atoms with E-state index in [4.69, 9.17) is 4.74 Å². The number of piperidine rings is 1. The standard InChI is InChI=1S/C24H28N2O4/c1-16-8-6-10-21(18(16)3)25-22(27)15-30-24(29)19-11-13-26(14-12-19)23(28)20-9-5-4-7-17(20)2/h4-10,19H,11-15H2,1-3H3,(H,25,27). The summed E-state index contributed by atoms with van der Waals surface area (Å²) in [6.07, 6.45) is 1.07. The Kier molecular flexibility index (Phi) is 6.87. The number of aryl methyl sites for hydroxylation is 2. The third-order valence-electron chi connectivity index (χ3n) is 5.72. The van der Waals surface area contributed by atoms with E-state index in [1.165, 1.54) is 0 Å². The second kappa shape index (κ2) is 9.57. The highest BCUT2D eigenvalue weighted by molar-refractivity contribution is 5.96. The zero-order valence-electron chi connectivity index (χ0n) is 17.7. The van der Waals surface area contributed by atoms with Crippen molar-refractivity contribution < 1.29 is 19.1 Å². The zero-order chi connectivity index (χ0) is 21.7. The number of hydrogen-bond donors (Lipinski definition) is 1. The predicted octanol–water partition coefficient (Wildman–Crippen LogP) is 3.65. The van der Waals surface area contributed by atoms with E-state index >= 15 is 0 Å². The Hall–Kier alpha value is -3.15. The van der Waals surface area contributed by atoms with Crippen LogP contribution in [0.15, 0.2) is 42.5 Å². The van der Waals surface area contributed by atoms with E-state index < -0.39 is 0 Å². The quantitative estimate of drug-likeness (QED) is 0.767. The third kappa shape index (κ3) is 5.06. The minimum absolute atomic E-state index is 0.00665. The van der Waals surface area contributed by atoms with Crippen molar-refractivity contribution in [3.63, 3.8) is 0 Å². The van der Waals surface area contributed by atoms with Crippen molar-refractivity contribution in [1.82, 2.24) is 4.90 Å². The molecule has 0 atom stereocenters. The first-order valence-corrected chi connectivity index (χ1v) is 10.2. The lowest BCUT2D eigenvalue weighted by molar-refractivity contribution is -0.152. The Morgan fingerprint density at radius 1 is 0.967 bits per heavy atom. The Morgan fingerprint density at radius 2 is 1.63 bits per heavy atom. The first kappa shape index (κ1) is 21.6. The summed E-state index contributed by atoms with van der Waals surface area (Å²) < 4.78 is 5.23. The van der Waals surface area contributed by atoms with Crippen molar-refractivity contribution >= 4 is 23.5 Å². The number of ether oxygens (including phenoxy) is 1. The van der Waals surface area contributed by atoms with Crippen LogP contribution in [-0.2, 0) is 14.3 Å². The lowest BCUT2D eigenvalue weighted by Crippen LogP contribution is -2.41. The van der Waals surface area contributed by atoms with Crippen molar-refractivity contribution in [2.24, 2.45) is 5.92 Å². The number of nitrogens with zero attached hydrogens (tertiary/aromatic N) is 1. The highest BCUT2D eigenvalue weighted by atomic mass is 16.5. The summed E-state index contributed by atoms with van der Waals surface area (Å²) in [4.78, 5) is 39.0. The average molecular weight is 408 g/mol. The van der Waals surface area contributed by atoms with Crippen molar-refractivity contribution in [2.75, 3.05) is 25.0 Å². The molecule has 0 aliphatic carbocycles. The molecule has 0 unspecified atom stereocenters. The average Bonchev–Trinajstić information content (AvgIpc) is 2.75. The van der Waals surface area contributed by atoms with Gasteiger partial charge in [-0.15, -0.1) is 0 Å². The van der Waals surface area contributed by atoms with E-state index in [1.807, 2.05) is 63.2 Å². The second-order valence-electron chi connectivity index (χ2n) is 7.78. The number of carbonyl (C=O) groups is 3. The molecule has 1 N–H and O–H groups in total. The second-order valence-corrected chi connectivity index (χ2v) is 7.78. The van der Waals surface area contributed by atoms with Crippen LogP contribution >= 0.6 is 0 Å². The number of benzene rings is 2. The van der Waals surface area contributed by atoms with Gasteiger partial charge in [0, 0.05) is 24.3 Å². The first-order valence-electron chi connectivity index (χ1n) is 10.2. The zero-order valence-corrected chi connectivity index (χ0v) is 17.7. The Morgan fingerprint density at radius 3 is 2.33 bits per heavy atom. The van der Waals surface area contributed by atoms with E-state index in [0.29, 0.717) is 31.5 Å². The molecule has 0 spiro atoms. The summed E-state index contributed by atoms with van der Waals surface area (Å²) >= 11 is 0. The number of esters is 1. The molecule has 6 nitrogen and oxygen atoms in total. The van der Waals surface area contributed by atoms with Gasteiger partial charge >= 0.3 is 5.97 Å². The third-order valence-corrected chi connectivity index (χ3v) is 5.72. The van der Waals surface area contributed by atoms with Crippen LogP contribution in [0.1, 0.15) is 39.9 Å². The van der Waals surface area contributed by atoms with Gasteiger partial charge in [-0.25, -0.2) is 0 Å². The molecular formula is C24H28N2O4. The van der Waals surface area contributed by atoms with Crippen molar-refractivity contribution in [3.8, 4) is 0 Å². The normalized spacial score (nSPS) is 14.3. The molecule has 1 fully saturated rings. The molecule has 0 bridgehead atoms. The van der Waals surface area contributed by atoms with Gasteiger partial charge < -0.3 is 15.0 Å². The fraction of sp³-hybridized carbons (Fsp3) is 0.375. The van der Waals surface area contributed by atoms with Gasteiger partial charge in [0.15, 0.2) is 6.61 Å². The number of anilines is 1. The van der Waals surface area contributed by atoms with Crippen molar-refractivity contribution in [1.29, 1.82) is 0 Å².